The van der Waals surface area contributed by atoms with Crippen LogP contribution in [0.1, 0.15) is 45.4 Å². The van der Waals surface area contributed by atoms with Gasteiger partial charge in [0.2, 0.25) is 0 Å². The molecule has 152 valence electrons. The van der Waals surface area contributed by atoms with E-state index in [0.717, 1.165) is 23.1 Å². The second-order valence-corrected chi connectivity index (χ2v) is 7.64. The molecule has 28 heavy (non-hydrogen) atoms. The molecule has 2 aliphatic rings. The third-order valence-electron chi connectivity index (χ3n) is 4.97. The van der Waals surface area contributed by atoms with Crippen LogP contribution in [0.25, 0.3) is 0 Å². The number of cyclic esters (lactones) is 1. The molecular weight excluding hydrogens is 352 g/mol. The van der Waals surface area contributed by atoms with Crippen LogP contribution in [0.4, 0.5) is 0 Å². The first-order valence-electron chi connectivity index (χ1n) is 9.83. The Bertz CT molecular complexity index is 697. The van der Waals surface area contributed by atoms with Crippen LogP contribution < -0.4 is 0 Å². The molecule has 0 amide bonds. The Kier molecular flexibility index (Phi) is 8.21. The molecule has 2 fully saturated rings. The van der Waals surface area contributed by atoms with Crippen LogP contribution in [0.3, 0.4) is 0 Å². The Labute approximate surface area is 168 Å². The van der Waals surface area contributed by atoms with Crippen molar-refractivity contribution < 1.29 is 19.4 Å². The molecule has 0 radical (unpaired) electrons. The molecule has 0 aromatic carbocycles. The number of epoxide rings is 1. The maximum atomic E-state index is 12.3. The minimum absolute atomic E-state index is 0.0379. The van der Waals surface area contributed by atoms with E-state index in [-0.39, 0.29) is 30.7 Å². The molecule has 0 bridgehead atoms. The SMILES string of the molecule is C=C(C)C=CCC=CC1CCC2OC2C(O)C(=C)CC(=C)C(=C)CCC(=O)O1. The van der Waals surface area contributed by atoms with Gasteiger partial charge in [-0.25, -0.2) is 0 Å². The number of hydrogen-bond donors (Lipinski definition) is 1. The van der Waals surface area contributed by atoms with Crippen molar-refractivity contribution in [3.05, 3.63) is 72.9 Å². The number of aliphatic hydroxyl groups excluding tert-OH is 1. The lowest BCUT2D eigenvalue weighted by atomic mass is 9.93. The third kappa shape index (κ3) is 7.10. The van der Waals surface area contributed by atoms with E-state index in [1.165, 1.54) is 0 Å². The number of fused-ring (bicyclic) bond motifs is 1. The first-order valence-corrected chi connectivity index (χ1v) is 9.83. The second-order valence-electron chi connectivity index (χ2n) is 7.64. The molecule has 4 unspecified atom stereocenters. The van der Waals surface area contributed by atoms with Gasteiger partial charge in [0.05, 0.1) is 6.10 Å². The Hall–Kier alpha value is -2.17. The van der Waals surface area contributed by atoms with Crippen molar-refractivity contribution in [2.75, 3.05) is 0 Å². The van der Waals surface area contributed by atoms with E-state index in [0.29, 0.717) is 31.3 Å². The Morgan fingerprint density at radius 2 is 1.93 bits per heavy atom. The first-order chi connectivity index (χ1) is 13.3. The lowest BCUT2D eigenvalue weighted by Gasteiger charge is -2.18. The van der Waals surface area contributed by atoms with Gasteiger partial charge in [-0.2, -0.15) is 0 Å². The highest BCUT2D eigenvalue weighted by Gasteiger charge is 2.45. The lowest BCUT2D eigenvalue weighted by Crippen LogP contribution is -2.22. The fourth-order valence-corrected chi connectivity index (χ4v) is 3.16. The second kappa shape index (κ2) is 10.4. The number of carbonyl (C=O) groups excluding carboxylic acids is 1. The molecule has 2 rings (SSSR count). The highest BCUT2D eigenvalue weighted by molar-refractivity contribution is 5.70. The highest BCUT2D eigenvalue weighted by atomic mass is 16.6. The van der Waals surface area contributed by atoms with E-state index >= 15 is 0 Å². The molecule has 2 saturated heterocycles. The fourth-order valence-electron chi connectivity index (χ4n) is 3.16. The van der Waals surface area contributed by atoms with Crippen LogP contribution in [0, 0.1) is 0 Å². The topological polar surface area (TPSA) is 59.1 Å². The number of esters is 1. The normalized spacial score (nSPS) is 30.2. The van der Waals surface area contributed by atoms with Gasteiger partial charge in [0.25, 0.3) is 0 Å². The van der Waals surface area contributed by atoms with Gasteiger partial charge in [-0.15, -0.1) is 0 Å². The molecule has 0 aliphatic carbocycles. The first kappa shape index (κ1) is 22.1. The van der Waals surface area contributed by atoms with Gasteiger partial charge in [0.15, 0.2) is 0 Å². The standard InChI is InChI=1S/C24H32O4/c1-16(2)9-7-6-8-10-20-12-13-21-24(28-21)23(26)19(5)15-18(4)17(3)11-14-22(25)27-20/h7-10,20-21,23-24,26H,1,3-6,11-15H2,2H3. The van der Waals surface area contributed by atoms with E-state index in [1.807, 2.05) is 31.2 Å². The van der Waals surface area contributed by atoms with Gasteiger partial charge in [0.1, 0.15) is 18.3 Å². The summed E-state index contributed by atoms with van der Waals surface area (Å²) >= 11 is 0. The van der Waals surface area contributed by atoms with Crippen molar-refractivity contribution in [3.63, 3.8) is 0 Å². The molecular formula is C24H32O4. The van der Waals surface area contributed by atoms with Gasteiger partial charge in [0, 0.05) is 6.42 Å². The summed E-state index contributed by atoms with van der Waals surface area (Å²) in [6.07, 6.45) is 9.92. The summed E-state index contributed by atoms with van der Waals surface area (Å²) in [4.78, 5) is 12.3. The zero-order valence-corrected chi connectivity index (χ0v) is 16.9. The Morgan fingerprint density at radius 3 is 2.64 bits per heavy atom. The highest BCUT2D eigenvalue weighted by Crippen LogP contribution is 2.35. The largest absolute Gasteiger partial charge is 0.458 e. The van der Waals surface area contributed by atoms with E-state index < -0.39 is 6.10 Å². The monoisotopic (exact) mass is 384 g/mol. The third-order valence-corrected chi connectivity index (χ3v) is 4.97. The lowest BCUT2D eigenvalue weighted by molar-refractivity contribution is -0.147. The van der Waals surface area contributed by atoms with Gasteiger partial charge < -0.3 is 14.6 Å². The summed E-state index contributed by atoms with van der Waals surface area (Å²) in [6, 6.07) is 0. The van der Waals surface area contributed by atoms with E-state index in [1.54, 1.807) is 0 Å². The molecule has 4 atom stereocenters. The van der Waals surface area contributed by atoms with E-state index in [2.05, 4.69) is 26.3 Å². The number of carbonyl (C=O) groups is 1. The smallest absolute Gasteiger partial charge is 0.306 e. The number of rotatable bonds is 4. The molecule has 0 aromatic rings. The average Bonchev–Trinajstić information content (AvgIpc) is 3.41. The maximum Gasteiger partial charge on any atom is 0.306 e. The summed E-state index contributed by atoms with van der Waals surface area (Å²) in [5, 5.41) is 10.4. The van der Waals surface area contributed by atoms with Crippen LogP contribution in [0.2, 0.25) is 0 Å². The van der Waals surface area contributed by atoms with Crippen LogP contribution in [0.15, 0.2) is 72.9 Å². The number of ether oxygens (including phenoxy) is 2. The van der Waals surface area contributed by atoms with Crippen molar-refractivity contribution in [1.29, 1.82) is 0 Å². The van der Waals surface area contributed by atoms with Gasteiger partial charge >= 0.3 is 5.97 Å². The van der Waals surface area contributed by atoms with E-state index in [4.69, 9.17) is 9.47 Å². The number of aliphatic hydroxyl groups is 1. The summed E-state index contributed by atoms with van der Waals surface area (Å²) in [5.41, 5.74) is 3.25. The molecule has 0 aromatic heterocycles. The fraction of sp³-hybridized carbons (Fsp3) is 0.458. The van der Waals surface area contributed by atoms with Crippen LogP contribution in [0.5, 0.6) is 0 Å². The van der Waals surface area contributed by atoms with Crippen molar-refractivity contribution in [1.82, 2.24) is 0 Å². The minimum atomic E-state index is -0.707. The van der Waals surface area contributed by atoms with Gasteiger partial charge in [-0.05, 0) is 56.3 Å². The molecule has 4 nitrogen and oxygen atoms in total. The maximum absolute atomic E-state index is 12.3. The molecule has 1 N–H and O–H groups in total. The summed E-state index contributed by atoms with van der Waals surface area (Å²) in [6.45, 7) is 17.8. The predicted molar refractivity (Wildman–Crippen MR) is 113 cm³/mol. The average molecular weight is 385 g/mol. The van der Waals surface area contributed by atoms with Crippen LogP contribution in [-0.4, -0.2) is 35.5 Å². The molecule has 2 aliphatic heterocycles. The van der Waals surface area contributed by atoms with Crippen molar-refractivity contribution in [2.24, 2.45) is 0 Å². The van der Waals surface area contributed by atoms with Crippen LogP contribution in [-0.2, 0) is 14.3 Å². The molecule has 0 saturated carbocycles. The van der Waals surface area contributed by atoms with Gasteiger partial charge in [-0.1, -0.05) is 55.7 Å². The van der Waals surface area contributed by atoms with Crippen molar-refractivity contribution >= 4 is 5.97 Å². The van der Waals surface area contributed by atoms with Crippen molar-refractivity contribution in [3.8, 4) is 0 Å². The van der Waals surface area contributed by atoms with Crippen LogP contribution >= 0.6 is 0 Å². The summed E-state index contributed by atoms with van der Waals surface area (Å²) < 4.78 is 11.3. The molecule has 4 heteroatoms. The zero-order chi connectivity index (χ0) is 20.7. The number of hydrogen-bond acceptors (Lipinski definition) is 4. The molecule has 2 heterocycles. The van der Waals surface area contributed by atoms with E-state index in [9.17, 15) is 9.90 Å². The predicted octanol–water partition coefficient (Wildman–Crippen LogP) is 4.74. The molecule has 0 spiro atoms. The summed E-state index contributed by atoms with van der Waals surface area (Å²) in [5.74, 6) is -0.245. The Morgan fingerprint density at radius 1 is 1.18 bits per heavy atom. The van der Waals surface area contributed by atoms with Crippen molar-refractivity contribution in [2.45, 2.75) is 69.9 Å². The summed E-state index contributed by atoms with van der Waals surface area (Å²) in [7, 11) is 0. The zero-order valence-electron chi connectivity index (χ0n) is 16.9. The minimum Gasteiger partial charge on any atom is -0.458 e. The quantitative estimate of drug-likeness (QED) is 0.329. The Balaban J connectivity index is 2.02. The number of allylic oxidation sites excluding steroid dienone is 6. The van der Waals surface area contributed by atoms with Gasteiger partial charge in [-0.3, -0.25) is 4.79 Å².